The van der Waals surface area contributed by atoms with Crippen LogP contribution >= 0.6 is 11.6 Å². The maximum atomic E-state index is 13.1. The molecule has 2 aromatic carbocycles. The maximum absolute atomic E-state index is 13.1. The van der Waals surface area contributed by atoms with Crippen molar-refractivity contribution in [3.8, 4) is 5.75 Å². The summed E-state index contributed by atoms with van der Waals surface area (Å²) < 4.78 is 46.7. The number of carbonyl (C=O) groups is 1. The predicted octanol–water partition coefficient (Wildman–Crippen LogP) is 6.81. The Balaban J connectivity index is 1.70. The van der Waals surface area contributed by atoms with E-state index in [1.54, 1.807) is 35.2 Å². The fourth-order valence-corrected chi connectivity index (χ4v) is 3.72. The van der Waals surface area contributed by atoms with E-state index in [9.17, 15) is 18.0 Å². The van der Waals surface area contributed by atoms with Gasteiger partial charge in [0.2, 0.25) is 0 Å². The molecule has 4 nitrogen and oxygen atoms in total. The number of rotatable bonds is 11. The fourth-order valence-electron chi connectivity index (χ4n) is 3.60. The van der Waals surface area contributed by atoms with Crippen LogP contribution in [0.3, 0.4) is 0 Å². The lowest BCUT2D eigenvalue weighted by atomic mass is 10.1. The highest BCUT2D eigenvalue weighted by molar-refractivity contribution is 6.30. The molecule has 3 rings (SSSR count). The van der Waals surface area contributed by atoms with Gasteiger partial charge in [0.25, 0.3) is 5.91 Å². The molecule has 8 heteroatoms. The quantitative estimate of drug-likeness (QED) is 0.276. The number of hydrogen-bond acceptors (Lipinski definition) is 2. The topological polar surface area (TPSA) is 34.5 Å². The Kier molecular flexibility index (Phi) is 9.05. The summed E-state index contributed by atoms with van der Waals surface area (Å²) in [4.78, 5) is 14.7. The van der Waals surface area contributed by atoms with Crippen molar-refractivity contribution in [2.45, 2.75) is 45.5 Å². The number of halogens is 4. The average molecular weight is 493 g/mol. The van der Waals surface area contributed by atoms with E-state index in [0.717, 1.165) is 37.1 Å². The van der Waals surface area contributed by atoms with Crippen LogP contribution in [0.2, 0.25) is 5.02 Å². The summed E-state index contributed by atoms with van der Waals surface area (Å²) in [5.41, 5.74) is 0.713. The van der Waals surface area contributed by atoms with Gasteiger partial charge in [-0.25, -0.2) is 0 Å². The third-order valence-corrected chi connectivity index (χ3v) is 5.70. The molecule has 0 bridgehead atoms. The number of benzene rings is 2. The summed E-state index contributed by atoms with van der Waals surface area (Å²) in [6.07, 6.45) is 0.302. The summed E-state index contributed by atoms with van der Waals surface area (Å²) in [6, 6.07) is 15.8. The van der Waals surface area contributed by atoms with Crippen molar-refractivity contribution in [3.63, 3.8) is 0 Å². The molecule has 1 heterocycles. The minimum atomic E-state index is -4.39. The largest absolute Gasteiger partial charge is 0.484 e. The zero-order chi connectivity index (χ0) is 24.6. The lowest BCUT2D eigenvalue weighted by Gasteiger charge is -2.24. The highest BCUT2D eigenvalue weighted by Gasteiger charge is 2.30. The van der Waals surface area contributed by atoms with Gasteiger partial charge < -0.3 is 14.2 Å². The van der Waals surface area contributed by atoms with Gasteiger partial charge in [-0.05, 0) is 60.5 Å². The third kappa shape index (κ3) is 7.55. The van der Waals surface area contributed by atoms with Gasteiger partial charge in [0.15, 0.2) is 6.61 Å². The van der Waals surface area contributed by atoms with Crippen molar-refractivity contribution in [3.05, 3.63) is 88.7 Å². The van der Waals surface area contributed by atoms with Gasteiger partial charge in [-0.2, -0.15) is 13.2 Å². The lowest BCUT2D eigenvalue weighted by molar-refractivity contribution is -0.137. The molecule has 1 amide bonds. The number of nitrogens with zero attached hydrogens (tertiary/aromatic N) is 2. The molecule has 0 aliphatic heterocycles. The van der Waals surface area contributed by atoms with Crippen LogP contribution in [0.1, 0.15) is 43.0 Å². The standard InChI is InChI=1S/C26H28ClF3N2O2/c1-2-3-4-14-32(25(33)19-34-24-12-10-22(27)11-13-24)18-23-9-6-15-31(23)17-20-7-5-8-21(16-20)26(28,29)30/h5-13,15-16H,2-4,14,17-19H2,1H3. The number of ether oxygens (including phenoxy) is 1. The molecule has 0 unspecified atom stereocenters. The second-order valence-corrected chi connectivity index (χ2v) is 8.53. The van der Waals surface area contributed by atoms with Crippen molar-refractivity contribution in [1.29, 1.82) is 0 Å². The van der Waals surface area contributed by atoms with E-state index in [1.165, 1.54) is 6.07 Å². The third-order valence-electron chi connectivity index (χ3n) is 5.44. The summed E-state index contributed by atoms with van der Waals surface area (Å²) >= 11 is 5.89. The number of aromatic nitrogens is 1. The number of unbranched alkanes of at least 4 members (excludes halogenated alkanes) is 2. The average Bonchev–Trinajstić information content (AvgIpc) is 3.24. The molecule has 0 saturated heterocycles. The lowest BCUT2D eigenvalue weighted by Crippen LogP contribution is -2.36. The maximum Gasteiger partial charge on any atom is 0.416 e. The van der Waals surface area contributed by atoms with E-state index >= 15 is 0 Å². The molecule has 0 fully saturated rings. The molecule has 0 aliphatic carbocycles. The molecule has 0 N–H and O–H groups in total. The molecule has 1 aromatic heterocycles. The van der Waals surface area contributed by atoms with Gasteiger partial charge in [-0.3, -0.25) is 4.79 Å². The first-order chi connectivity index (χ1) is 16.3. The highest BCUT2D eigenvalue weighted by Crippen LogP contribution is 2.29. The van der Waals surface area contributed by atoms with Crippen LogP contribution in [0.15, 0.2) is 66.9 Å². The molecule has 0 saturated carbocycles. The molecule has 0 spiro atoms. The van der Waals surface area contributed by atoms with Gasteiger partial charge in [0.1, 0.15) is 5.75 Å². The molecule has 182 valence electrons. The Bertz CT molecular complexity index is 1060. The van der Waals surface area contributed by atoms with E-state index in [0.29, 0.717) is 29.4 Å². The van der Waals surface area contributed by atoms with E-state index in [1.807, 2.05) is 22.9 Å². The Morgan fingerprint density at radius 1 is 1.06 bits per heavy atom. The molecule has 34 heavy (non-hydrogen) atoms. The minimum absolute atomic E-state index is 0.109. The van der Waals surface area contributed by atoms with Crippen LogP contribution in [0.5, 0.6) is 5.75 Å². The van der Waals surface area contributed by atoms with Gasteiger partial charge in [0.05, 0.1) is 12.1 Å². The molecule has 0 radical (unpaired) electrons. The van der Waals surface area contributed by atoms with Crippen LogP contribution in [0, 0.1) is 0 Å². The summed E-state index contributed by atoms with van der Waals surface area (Å²) in [6.45, 7) is 3.19. The van der Waals surface area contributed by atoms with Gasteiger partial charge in [0, 0.05) is 30.0 Å². The predicted molar refractivity (Wildman–Crippen MR) is 127 cm³/mol. The fraction of sp³-hybridized carbons (Fsp3) is 0.346. The van der Waals surface area contributed by atoms with Crippen LogP contribution < -0.4 is 4.74 Å². The van der Waals surface area contributed by atoms with Crippen molar-refractivity contribution in [2.24, 2.45) is 0 Å². The van der Waals surface area contributed by atoms with Crippen molar-refractivity contribution in [1.82, 2.24) is 9.47 Å². The molecule has 0 aliphatic rings. The highest BCUT2D eigenvalue weighted by atomic mass is 35.5. The number of hydrogen-bond donors (Lipinski definition) is 0. The first-order valence-electron chi connectivity index (χ1n) is 11.2. The van der Waals surface area contributed by atoms with Crippen LogP contribution in [-0.4, -0.2) is 28.5 Å². The first kappa shape index (κ1) is 25.7. The Morgan fingerprint density at radius 2 is 1.82 bits per heavy atom. The van der Waals surface area contributed by atoms with Gasteiger partial charge in [-0.1, -0.05) is 43.5 Å². The second kappa shape index (κ2) is 12.0. The van der Waals surface area contributed by atoms with Crippen molar-refractivity contribution >= 4 is 17.5 Å². The van der Waals surface area contributed by atoms with Crippen LogP contribution in [0.4, 0.5) is 13.2 Å². The molecular formula is C26H28ClF3N2O2. The molecular weight excluding hydrogens is 465 g/mol. The summed E-state index contributed by atoms with van der Waals surface area (Å²) in [5.74, 6) is 0.400. The molecule has 0 atom stereocenters. The number of alkyl halides is 3. The van der Waals surface area contributed by atoms with Gasteiger partial charge >= 0.3 is 6.18 Å². The van der Waals surface area contributed by atoms with E-state index in [-0.39, 0.29) is 19.1 Å². The second-order valence-electron chi connectivity index (χ2n) is 8.09. The number of carbonyl (C=O) groups excluding carboxylic acids is 1. The summed E-state index contributed by atoms with van der Waals surface area (Å²) in [7, 11) is 0. The van der Waals surface area contributed by atoms with Gasteiger partial charge in [-0.15, -0.1) is 0 Å². The SMILES string of the molecule is CCCCCN(Cc1cccn1Cc1cccc(C(F)(F)F)c1)C(=O)COc1ccc(Cl)cc1. The smallest absolute Gasteiger partial charge is 0.416 e. The Hall–Kier alpha value is -2.93. The van der Waals surface area contributed by atoms with E-state index in [2.05, 4.69) is 6.92 Å². The van der Waals surface area contributed by atoms with Crippen molar-refractivity contribution in [2.75, 3.05) is 13.2 Å². The van der Waals surface area contributed by atoms with Crippen LogP contribution in [0.25, 0.3) is 0 Å². The van der Waals surface area contributed by atoms with Crippen molar-refractivity contribution < 1.29 is 22.7 Å². The summed E-state index contributed by atoms with van der Waals surface area (Å²) in [5, 5.41) is 0.585. The normalized spacial score (nSPS) is 11.4. The van der Waals surface area contributed by atoms with E-state index < -0.39 is 11.7 Å². The minimum Gasteiger partial charge on any atom is -0.484 e. The van der Waals surface area contributed by atoms with E-state index in [4.69, 9.17) is 16.3 Å². The Morgan fingerprint density at radius 3 is 2.53 bits per heavy atom. The zero-order valence-corrected chi connectivity index (χ0v) is 19.8. The zero-order valence-electron chi connectivity index (χ0n) is 19.0. The van der Waals surface area contributed by atoms with Crippen LogP contribution in [-0.2, 0) is 24.1 Å². The molecule has 3 aromatic rings. The monoisotopic (exact) mass is 492 g/mol. The first-order valence-corrected chi connectivity index (χ1v) is 11.6. The number of amides is 1. The Labute approximate surface area is 202 Å².